The predicted molar refractivity (Wildman–Crippen MR) is 89.9 cm³/mol. The van der Waals surface area contributed by atoms with Gasteiger partial charge in [-0.05, 0) is 48.6 Å². The Morgan fingerprint density at radius 1 is 1.14 bits per heavy atom. The lowest BCUT2D eigenvalue weighted by Crippen LogP contribution is -2.44. The summed E-state index contributed by atoms with van der Waals surface area (Å²) in [4.78, 5) is 12.1. The molecule has 0 saturated carbocycles. The molecule has 1 aromatic rings. The van der Waals surface area contributed by atoms with Crippen LogP contribution < -0.4 is 5.73 Å². The van der Waals surface area contributed by atoms with Crippen LogP contribution in [0.15, 0.2) is 29.2 Å². The molecule has 1 aromatic carbocycles. The zero-order valence-corrected chi connectivity index (χ0v) is 14.3. The molecule has 0 heterocycles. The van der Waals surface area contributed by atoms with E-state index in [4.69, 9.17) is 10.8 Å². The van der Waals surface area contributed by atoms with Crippen LogP contribution in [0.1, 0.15) is 52.5 Å². The first-order chi connectivity index (χ1) is 9.63. The molecule has 21 heavy (non-hydrogen) atoms. The van der Waals surface area contributed by atoms with Crippen molar-refractivity contribution in [3.63, 3.8) is 0 Å². The molecule has 118 valence electrons. The number of unbranched alkanes of at least 4 members (excludes halogenated alkanes) is 1. The van der Waals surface area contributed by atoms with Crippen molar-refractivity contribution in [2.24, 2.45) is 5.73 Å². The largest absolute Gasteiger partial charge is 0.480 e. The van der Waals surface area contributed by atoms with Gasteiger partial charge in [-0.1, -0.05) is 39.3 Å². The SMILES string of the molecule is CC(N)(CCCCSc1ccc(C(C)(C)C)cc1)C(=O)O. The maximum Gasteiger partial charge on any atom is 0.323 e. The van der Waals surface area contributed by atoms with Crippen LogP contribution in [0.4, 0.5) is 0 Å². The molecule has 0 spiro atoms. The molecule has 0 aromatic heterocycles. The fourth-order valence-corrected chi connectivity index (χ4v) is 2.86. The molecule has 0 aliphatic heterocycles. The molecule has 3 N–H and O–H groups in total. The van der Waals surface area contributed by atoms with E-state index in [0.29, 0.717) is 6.42 Å². The third kappa shape index (κ3) is 6.10. The number of aliphatic carboxylic acids is 1. The van der Waals surface area contributed by atoms with Crippen LogP contribution in [0.25, 0.3) is 0 Å². The molecular formula is C17H27NO2S. The molecule has 3 nitrogen and oxygen atoms in total. The van der Waals surface area contributed by atoms with E-state index in [2.05, 4.69) is 45.0 Å². The smallest absolute Gasteiger partial charge is 0.323 e. The summed E-state index contributed by atoms with van der Waals surface area (Å²) in [5.41, 5.74) is 6.13. The highest BCUT2D eigenvalue weighted by Crippen LogP contribution is 2.26. The number of hydrogen-bond acceptors (Lipinski definition) is 3. The van der Waals surface area contributed by atoms with Gasteiger partial charge in [0.1, 0.15) is 5.54 Å². The molecule has 4 heteroatoms. The zero-order valence-electron chi connectivity index (χ0n) is 13.5. The van der Waals surface area contributed by atoms with Crippen LogP contribution in [0.2, 0.25) is 0 Å². The highest BCUT2D eigenvalue weighted by atomic mass is 32.2. The third-order valence-electron chi connectivity index (χ3n) is 3.57. The molecule has 0 bridgehead atoms. The molecule has 0 aliphatic carbocycles. The van der Waals surface area contributed by atoms with E-state index in [-0.39, 0.29) is 5.41 Å². The van der Waals surface area contributed by atoms with Crippen LogP contribution in [-0.4, -0.2) is 22.4 Å². The minimum absolute atomic E-state index is 0.186. The average Bonchev–Trinajstić information content (AvgIpc) is 2.37. The molecule has 0 amide bonds. The topological polar surface area (TPSA) is 63.3 Å². The van der Waals surface area contributed by atoms with Gasteiger partial charge in [0, 0.05) is 4.90 Å². The van der Waals surface area contributed by atoms with Crippen LogP contribution in [0.5, 0.6) is 0 Å². The van der Waals surface area contributed by atoms with Crippen molar-refractivity contribution < 1.29 is 9.90 Å². The number of hydrogen-bond donors (Lipinski definition) is 2. The number of thioether (sulfide) groups is 1. The van der Waals surface area contributed by atoms with Crippen molar-refractivity contribution >= 4 is 17.7 Å². The van der Waals surface area contributed by atoms with Crippen LogP contribution in [0.3, 0.4) is 0 Å². The number of carboxylic acid groups (broad SMARTS) is 1. The van der Waals surface area contributed by atoms with E-state index in [1.807, 2.05) is 11.8 Å². The number of carbonyl (C=O) groups is 1. The lowest BCUT2D eigenvalue weighted by Gasteiger charge is -2.19. The summed E-state index contributed by atoms with van der Waals surface area (Å²) in [6.07, 6.45) is 2.34. The maximum atomic E-state index is 10.9. The standard InChI is InChI=1S/C17H27NO2S/c1-16(2,3)13-7-9-14(10-8-13)21-12-6-5-11-17(4,18)15(19)20/h7-10H,5-6,11-12,18H2,1-4H3,(H,19,20). The molecule has 1 rings (SSSR count). The first-order valence-electron chi connectivity index (χ1n) is 7.38. The quantitative estimate of drug-likeness (QED) is 0.589. The van der Waals surface area contributed by atoms with Crippen molar-refractivity contribution in [2.75, 3.05) is 5.75 Å². The van der Waals surface area contributed by atoms with Gasteiger partial charge in [-0.2, -0.15) is 0 Å². The van der Waals surface area contributed by atoms with E-state index in [1.54, 1.807) is 6.92 Å². The van der Waals surface area contributed by atoms with Crippen LogP contribution in [0, 0.1) is 0 Å². The van der Waals surface area contributed by atoms with Crippen molar-refractivity contribution in [3.05, 3.63) is 29.8 Å². The summed E-state index contributed by atoms with van der Waals surface area (Å²) in [6.45, 7) is 8.21. The monoisotopic (exact) mass is 309 g/mol. The summed E-state index contributed by atoms with van der Waals surface area (Å²) in [5.74, 6) is 0.0674. The van der Waals surface area contributed by atoms with Gasteiger partial charge in [0.05, 0.1) is 0 Å². The van der Waals surface area contributed by atoms with Gasteiger partial charge in [0.2, 0.25) is 0 Å². The average molecular weight is 309 g/mol. The van der Waals surface area contributed by atoms with Gasteiger partial charge < -0.3 is 10.8 Å². The van der Waals surface area contributed by atoms with Crippen LogP contribution in [-0.2, 0) is 10.2 Å². The van der Waals surface area contributed by atoms with Gasteiger partial charge in [-0.15, -0.1) is 11.8 Å². The minimum atomic E-state index is -1.10. The third-order valence-corrected chi connectivity index (χ3v) is 4.67. The van der Waals surface area contributed by atoms with Crippen molar-refractivity contribution in [1.29, 1.82) is 0 Å². The van der Waals surface area contributed by atoms with Gasteiger partial charge in [0.25, 0.3) is 0 Å². The zero-order chi connectivity index (χ0) is 16.1. The van der Waals surface area contributed by atoms with Gasteiger partial charge in [-0.3, -0.25) is 4.79 Å². The van der Waals surface area contributed by atoms with Gasteiger partial charge in [0.15, 0.2) is 0 Å². The van der Waals surface area contributed by atoms with Crippen molar-refractivity contribution in [3.8, 4) is 0 Å². The normalized spacial score (nSPS) is 14.7. The number of rotatable bonds is 7. The second-order valence-electron chi connectivity index (χ2n) is 6.80. The first-order valence-corrected chi connectivity index (χ1v) is 8.37. The summed E-state index contributed by atoms with van der Waals surface area (Å²) in [6, 6.07) is 8.69. The Labute approximate surface area is 132 Å². The lowest BCUT2D eigenvalue weighted by atomic mass is 9.87. The number of benzene rings is 1. The molecule has 1 unspecified atom stereocenters. The second kappa shape index (κ2) is 7.32. The maximum absolute atomic E-state index is 10.9. The molecule has 0 fully saturated rings. The predicted octanol–water partition coefficient (Wildman–Crippen LogP) is 4.05. The summed E-state index contributed by atoms with van der Waals surface area (Å²) in [7, 11) is 0. The summed E-state index contributed by atoms with van der Waals surface area (Å²) < 4.78 is 0. The van der Waals surface area contributed by atoms with Gasteiger partial charge in [-0.25, -0.2) is 0 Å². The summed E-state index contributed by atoms with van der Waals surface area (Å²) >= 11 is 1.81. The van der Waals surface area contributed by atoms with Gasteiger partial charge >= 0.3 is 5.97 Å². The first kappa shape index (κ1) is 18.1. The highest BCUT2D eigenvalue weighted by molar-refractivity contribution is 7.99. The Morgan fingerprint density at radius 3 is 2.19 bits per heavy atom. The minimum Gasteiger partial charge on any atom is -0.480 e. The van der Waals surface area contributed by atoms with Crippen molar-refractivity contribution in [2.45, 2.75) is 62.8 Å². The van der Waals surface area contributed by atoms with Crippen LogP contribution >= 0.6 is 11.8 Å². The lowest BCUT2D eigenvalue weighted by molar-refractivity contribution is -0.142. The van der Waals surface area contributed by atoms with E-state index in [0.717, 1.165) is 18.6 Å². The fraction of sp³-hybridized carbons (Fsp3) is 0.588. The van der Waals surface area contributed by atoms with E-state index >= 15 is 0 Å². The number of nitrogens with two attached hydrogens (primary N) is 1. The Hall–Kier alpha value is -1.00. The summed E-state index contributed by atoms with van der Waals surface area (Å²) in [5, 5.41) is 8.94. The highest BCUT2D eigenvalue weighted by Gasteiger charge is 2.26. The molecule has 1 atom stereocenters. The van der Waals surface area contributed by atoms with E-state index in [9.17, 15) is 4.79 Å². The Kier molecular flexibility index (Phi) is 6.29. The molecule has 0 radical (unpaired) electrons. The Bertz CT molecular complexity index is 461. The Morgan fingerprint density at radius 2 is 1.71 bits per heavy atom. The molecular weight excluding hydrogens is 282 g/mol. The molecule has 0 aliphatic rings. The second-order valence-corrected chi connectivity index (χ2v) is 7.97. The molecule has 0 saturated heterocycles. The van der Waals surface area contributed by atoms with Crippen molar-refractivity contribution in [1.82, 2.24) is 0 Å². The van der Waals surface area contributed by atoms with E-state index in [1.165, 1.54) is 10.5 Å². The van der Waals surface area contributed by atoms with E-state index < -0.39 is 11.5 Å². The fourth-order valence-electron chi connectivity index (χ4n) is 1.94. The number of carboxylic acids is 1. The Balaban J connectivity index is 2.32.